The van der Waals surface area contributed by atoms with Crippen LogP contribution in [0.2, 0.25) is 0 Å². The molecule has 0 bridgehead atoms. The summed E-state index contributed by atoms with van der Waals surface area (Å²) in [5.41, 5.74) is 6.30. The predicted molar refractivity (Wildman–Crippen MR) is 109 cm³/mol. The number of carbonyl (C=O) groups excluding carboxylic acids is 3. The minimum absolute atomic E-state index is 0.124. The number of ether oxygens (including phenoxy) is 2. The van der Waals surface area contributed by atoms with E-state index in [9.17, 15) is 14.4 Å². The molecule has 2 aromatic rings. The molecular formula is C23H25NO5. The first-order valence-corrected chi connectivity index (χ1v) is 9.66. The van der Waals surface area contributed by atoms with E-state index in [4.69, 9.17) is 15.2 Å². The van der Waals surface area contributed by atoms with Gasteiger partial charge in [0, 0.05) is 16.7 Å². The molecular weight excluding hydrogens is 370 g/mol. The molecule has 1 aliphatic carbocycles. The van der Waals surface area contributed by atoms with E-state index in [2.05, 4.69) is 0 Å². The van der Waals surface area contributed by atoms with Crippen LogP contribution in [-0.2, 0) is 0 Å². The maximum Gasteiger partial charge on any atom is 0.248 e. The highest BCUT2D eigenvalue weighted by Crippen LogP contribution is 2.38. The minimum atomic E-state index is -0.692. The van der Waals surface area contributed by atoms with Crippen LogP contribution in [0.15, 0.2) is 30.3 Å². The third-order valence-corrected chi connectivity index (χ3v) is 4.50. The van der Waals surface area contributed by atoms with E-state index < -0.39 is 5.91 Å². The van der Waals surface area contributed by atoms with Crippen LogP contribution in [0.5, 0.6) is 11.5 Å². The van der Waals surface area contributed by atoms with Crippen LogP contribution < -0.4 is 15.2 Å². The molecule has 0 radical (unpaired) electrons. The van der Waals surface area contributed by atoms with Crippen LogP contribution in [0.3, 0.4) is 0 Å². The molecule has 152 valence electrons. The molecule has 0 atom stereocenters. The number of carbonyl (C=O) groups is 3. The lowest BCUT2D eigenvalue weighted by molar-refractivity contribution is 0.0968. The van der Waals surface area contributed by atoms with Gasteiger partial charge in [0.25, 0.3) is 0 Å². The molecule has 0 saturated heterocycles. The quantitative estimate of drug-likeness (QED) is 0.659. The lowest BCUT2D eigenvalue weighted by Gasteiger charge is -2.23. The average Bonchev–Trinajstić information content (AvgIpc) is 2.67. The molecule has 29 heavy (non-hydrogen) atoms. The van der Waals surface area contributed by atoms with Gasteiger partial charge in [-0.3, -0.25) is 14.4 Å². The molecule has 0 saturated carbocycles. The lowest BCUT2D eigenvalue weighted by Crippen LogP contribution is -2.25. The van der Waals surface area contributed by atoms with Gasteiger partial charge < -0.3 is 15.2 Å². The highest BCUT2D eigenvalue weighted by molar-refractivity contribution is 6.30. The van der Waals surface area contributed by atoms with Crippen LogP contribution in [0.25, 0.3) is 0 Å². The predicted octanol–water partition coefficient (Wildman–Crippen LogP) is 3.63. The van der Waals surface area contributed by atoms with Crippen LogP contribution >= 0.6 is 0 Å². The third-order valence-electron chi connectivity index (χ3n) is 4.50. The van der Waals surface area contributed by atoms with Crippen LogP contribution in [0, 0.1) is 11.8 Å². The van der Waals surface area contributed by atoms with Gasteiger partial charge in [0.15, 0.2) is 5.78 Å². The molecule has 3 rings (SSSR count). The van der Waals surface area contributed by atoms with Gasteiger partial charge in [0.2, 0.25) is 11.7 Å². The van der Waals surface area contributed by atoms with Gasteiger partial charge in [-0.25, -0.2) is 0 Å². The number of primary amides is 1. The van der Waals surface area contributed by atoms with Crippen LogP contribution in [0.1, 0.15) is 69.9 Å². The van der Waals surface area contributed by atoms with Crippen molar-refractivity contribution < 1.29 is 23.9 Å². The molecule has 1 amide bonds. The Kier molecular flexibility index (Phi) is 5.73. The van der Waals surface area contributed by atoms with Crippen molar-refractivity contribution in [3.05, 3.63) is 58.1 Å². The van der Waals surface area contributed by atoms with Crippen molar-refractivity contribution in [1.82, 2.24) is 0 Å². The number of hydrogen-bond acceptors (Lipinski definition) is 5. The summed E-state index contributed by atoms with van der Waals surface area (Å²) in [6.07, 6.45) is 0. The maximum absolute atomic E-state index is 13.4. The first-order valence-electron chi connectivity index (χ1n) is 9.66. The van der Waals surface area contributed by atoms with E-state index in [-0.39, 0.29) is 57.0 Å². The zero-order valence-electron chi connectivity index (χ0n) is 17.1. The van der Waals surface area contributed by atoms with E-state index >= 15 is 0 Å². The summed E-state index contributed by atoms with van der Waals surface area (Å²) < 4.78 is 11.6. The summed E-state index contributed by atoms with van der Waals surface area (Å²) in [4.78, 5) is 38.4. The van der Waals surface area contributed by atoms with Gasteiger partial charge in [0.05, 0.1) is 24.3 Å². The molecule has 0 fully saturated rings. The SMILES string of the molecule is CC(C)COc1cccc2c1C(=O)c1c(OCC(C)C)cc(C(N)=O)cc1C2=O. The fraction of sp³-hybridized carbons (Fsp3) is 0.348. The molecule has 2 aromatic carbocycles. The Morgan fingerprint density at radius 2 is 1.45 bits per heavy atom. The first-order chi connectivity index (χ1) is 13.7. The number of ketones is 2. The highest BCUT2D eigenvalue weighted by Gasteiger charge is 2.36. The number of benzene rings is 2. The number of amides is 1. The Balaban J connectivity index is 2.17. The lowest BCUT2D eigenvalue weighted by atomic mass is 9.82. The summed E-state index contributed by atoms with van der Waals surface area (Å²) in [6.45, 7) is 8.67. The second-order valence-corrected chi connectivity index (χ2v) is 8.01. The molecule has 0 heterocycles. The number of hydrogen-bond donors (Lipinski definition) is 1. The monoisotopic (exact) mass is 395 g/mol. The van der Waals surface area contributed by atoms with Gasteiger partial charge in [-0.05, 0) is 30.0 Å². The van der Waals surface area contributed by atoms with E-state index in [1.807, 2.05) is 27.7 Å². The number of rotatable bonds is 7. The summed E-state index contributed by atoms with van der Waals surface area (Å²) in [5, 5.41) is 0. The Hall–Kier alpha value is -3.15. The van der Waals surface area contributed by atoms with Crippen molar-refractivity contribution in [2.75, 3.05) is 13.2 Å². The summed E-state index contributed by atoms with van der Waals surface area (Å²) in [7, 11) is 0. The van der Waals surface area contributed by atoms with Crippen molar-refractivity contribution in [3.63, 3.8) is 0 Å². The van der Waals surface area contributed by atoms with Gasteiger partial charge >= 0.3 is 0 Å². The van der Waals surface area contributed by atoms with Gasteiger partial charge in [-0.2, -0.15) is 0 Å². The largest absolute Gasteiger partial charge is 0.493 e. The van der Waals surface area contributed by atoms with Gasteiger partial charge in [0.1, 0.15) is 11.5 Å². The van der Waals surface area contributed by atoms with Gasteiger partial charge in [-0.1, -0.05) is 39.8 Å². The smallest absolute Gasteiger partial charge is 0.248 e. The zero-order chi connectivity index (χ0) is 21.3. The Labute approximate surface area is 170 Å². The molecule has 2 N–H and O–H groups in total. The van der Waals surface area contributed by atoms with Crippen molar-refractivity contribution in [2.24, 2.45) is 17.6 Å². The summed E-state index contributed by atoms with van der Waals surface area (Å²) in [6, 6.07) is 7.75. The second-order valence-electron chi connectivity index (χ2n) is 8.01. The molecule has 6 heteroatoms. The molecule has 0 spiro atoms. The van der Waals surface area contributed by atoms with Crippen LogP contribution in [0.4, 0.5) is 0 Å². The number of fused-ring (bicyclic) bond motifs is 2. The van der Waals surface area contributed by atoms with Crippen molar-refractivity contribution >= 4 is 17.5 Å². The van der Waals surface area contributed by atoms with Gasteiger partial charge in [-0.15, -0.1) is 0 Å². The second kappa shape index (κ2) is 8.07. The van der Waals surface area contributed by atoms with E-state index in [1.165, 1.54) is 12.1 Å². The van der Waals surface area contributed by atoms with E-state index in [0.717, 1.165) is 0 Å². The third kappa shape index (κ3) is 4.01. The molecule has 1 aliphatic rings. The van der Waals surface area contributed by atoms with Crippen LogP contribution in [-0.4, -0.2) is 30.7 Å². The molecule has 0 aromatic heterocycles. The Bertz CT molecular complexity index is 991. The fourth-order valence-corrected chi connectivity index (χ4v) is 3.14. The Morgan fingerprint density at radius 3 is 2.03 bits per heavy atom. The maximum atomic E-state index is 13.4. The molecule has 0 unspecified atom stereocenters. The van der Waals surface area contributed by atoms with Crippen molar-refractivity contribution in [1.29, 1.82) is 0 Å². The summed E-state index contributed by atoms with van der Waals surface area (Å²) in [5.74, 6) is -0.403. The van der Waals surface area contributed by atoms with E-state index in [0.29, 0.717) is 19.0 Å². The average molecular weight is 395 g/mol. The van der Waals surface area contributed by atoms with Crippen molar-refractivity contribution in [3.8, 4) is 11.5 Å². The standard InChI is InChI=1S/C23H25NO5/c1-12(2)10-28-17-7-5-6-15-19(17)22(26)20-16(21(15)25)8-14(23(24)27)9-18(20)29-11-13(3)4/h5-9,12-13H,10-11H2,1-4H3,(H2,24,27). The minimum Gasteiger partial charge on any atom is -0.493 e. The zero-order valence-corrected chi connectivity index (χ0v) is 17.1. The van der Waals surface area contributed by atoms with Crippen molar-refractivity contribution in [2.45, 2.75) is 27.7 Å². The first kappa shape index (κ1) is 20.6. The fourth-order valence-electron chi connectivity index (χ4n) is 3.14. The highest BCUT2D eigenvalue weighted by atomic mass is 16.5. The number of nitrogens with two attached hydrogens (primary N) is 1. The molecule has 6 nitrogen and oxygen atoms in total. The van der Waals surface area contributed by atoms with E-state index in [1.54, 1.807) is 18.2 Å². The normalized spacial score (nSPS) is 12.8. The Morgan fingerprint density at radius 1 is 0.862 bits per heavy atom. The molecule has 0 aliphatic heterocycles. The topological polar surface area (TPSA) is 95.7 Å². The summed E-state index contributed by atoms with van der Waals surface area (Å²) >= 11 is 0.